The van der Waals surface area contributed by atoms with Gasteiger partial charge in [0.05, 0.1) is 17.0 Å². The van der Waals surface area contributed by atoms with Crippen molar-refractivity contribution in [3.05, 3.63) is 47.7 Å². The number of hydrogen-bond donors (Lipinski definition) is 2. The second-order valence-corrected chi connectivity index (χ2v) is 8.13. The Morgan fingerprint density at radius 1 is 1.14 bits per heavy atom. The van der Waals surface area contributed by atoms with Gasteiger partial charge in [0, 0.05) is 18.7 Å². The third-order valence-electron chi connectivity index (χ3n) is 4.00. The summed E-state index contributed by atoms with van der Waals surface area (Å²) in [7, 11) is 2.11. The van der Waals surface area contributed by atoms with Crippen molar-refractivity contribution >= 4 is 46.8 Å². The van der Waals surface area contributed by atoms with Gasteiger partial charge in [-0.05, 0) is 26.0 Å². The number of carbonyl (C=O) groups is 3. The maximum atomic E-state index is 12.5. The third kappa shape index (κ3) is 6.77. The Morgan fingerprint density at radius 3 is 2.38 bits per heavy atom. The molecule has 1 unspecified atom stereocenters. The van der Waals surface area contributed by atoms with Crippen LogP contribution in [0.3, 0.4) is 0 Å². The van der Waals surface area contributed by atoms with E-state index in [2.05, 4.69) is 26.8 Å². The van der Waals surface area contributed by atoms with E-state index in [1.165, 1.54) is 29.1 Å². The average molecular weight is 436 g/mol. The number of thioether (sulfide) groups is 1. The Kier molecular flexibility index (Phi) is 8.50. The molecule has 154 valence electrons. The first-order valence-electron chi connectivity index (χ1n) is 8.72. The number of hydrogen-bond acceptors (Lipinski definition) is 8. The van der Waals surface area contributed by atoms with Crippen molar-refractivity contribution in [2.75, 3.05) is 20.1 Å². The molecule has 0 aliphatic carbocycles. The second kappa shape index (κ2) is 10.8. The van der Waals surface area contributed by atoms with Gasteiger partial charge in [-0.25, -0.2) is 9.59 Å². The summed E-state index contributed by atoms with van der Waals surface area (Å²) in [6.07, 6.45) is 3.27. The molecule has 0 spiro atoms. The molecule has 2 aromatic rings. The van der Waals surface area contributed by atoms with Gasteiger partial charge in [-0.2, -0.15) is 8.75 Å². The predicted molar refractivity (Wildman–Crippen MR) is 111 cm³/mol. The van der Waals surface area contributed by atoms with Crippen molar-refractivity contribution < 1.29 is 24.6 Å². The van der Waals surface area contributed by atoms with Gasteiger partial charge in [0.25, 0.3) is 0 Å². The highest BCUT2D eigenvalue weighted by Crippen LogP contribution is 2.32. The van der Waals surface area contributed by atoms with Crippen LogP contribution >= 0.6 is 23.5 Å². The smallest absolute Gasteiger partial charge is 0.414 e. The predicted octanol–water partition coefficient (Wildman–Crippen LogP) is 2.78. The van der Waals surface area contributed by atoms with E-state index >= 15 is 0 Å². The number of carboxylic acids is 2. The van der Waals surface area contributed by atoms with E-state index < -0.39 is 11.9 Å². The number of benzene rings is 1. The van der Waals surface area contributed by atoms with Crippen LogP contribution in [0.15, 0.2) is 41.4 Å². The summed E-state index contributed by atoms with van der Waals surface area (Å²) in [6.45, 7) is 3.90. The highest BCUT2D eigenvalue weighted by Gasteiger charge is 2.22. The normalized spacial score (nSPS) is 14.9. The minimum atomic E-state index is -1.82. The zero-order valence-corrected chi connectivity index (χ0v) is 17.6. The fourth-order valence-electron chi connectivity index (χ4n) is 2.58. The van der Waals surface area contributed by atoms with E-state index in [0.29, 0.717) is 0 Å². The molecule has 2 N–H and O–H groups in total. The van der Waals surface area contributed by atoms with Crippen molar-refractivity contribution in [1.29, 1.82) is 0 Å². The number of likely N-dealkylation sites (N-methyl/N-ethyl adjacent to an activating group) is 1. The first-order chi connectivity index (χ1) is 13.8. The summed E-state index contributed by atoms with van der Waals surface area (Å²) in [5, 5.41) is 15.5. The zero-order valence-electron chi connectivity index (χ0n) is 15.9. The van der Waals surface area contributed by atoms with Gasteiger partial charge in [0.1, 0.15) is 10.7 Å². The van der Waals surface area contributed by atoms with Gasteiger partial charge in [-0.3, -0.25) is 4.79 Å². The molecule has 1 aliphatic rings. The summed E-state index contributed by atoms with van der Waals surface area (Å²) in [5.74, 6) is -3.52. The second-order valence-electron chi connectivity index (χ2n) is 6.27. The van der Waals surface area contributed by atoms with Gasteiger partial charge in [-0.15, -0.1) is 0 Å². The molecule has 10 heteroatoms. The van der Waals surface area contributed by atoms with E-state index in [9.17, 15) is 4.79 Å². The Bertz CT molecular complexity index is 886. The molecule has 1 aromatic carbocycles. The molecule has 1 atom stereocenters. The quantitative estimate of drug-likeness (QED) is 0.415. The van der Waals surface area contributed by atoms with E-state index in [-0.39, 0.29) is 11.0 Å². The molecule has 29 heavy (non-hydrogen) atoms. The van der Waals surface area contributed by atoms with E-state index in [1.54, 1.807) is 0 Å². The van der Waals surface area contributed by atoms with Gasteiger partial charge in [-0.1, -0.05) is 48.2 Å². The van der Waals surface area contributed by atoms with Gasteiger partial charge in [0.15, 0.2) is 5.78 Å². The Hall–Kier alpha value is -2.56. The lowest BCUT2D eigenvalue weighted by Gasteiger charge is -2.22. The number of rotatable bonds is 5. The Balaban J connectivity index is 0.000000438. The lowest BCUT2D eigenvalue weighted by molar-refractivity contribution is -0.159. The molecule has 0 saturated heterocycles. The van der Waals surface area contributed by atoms with Crippen molar-refractivity contribution in [3.63, 3.8) is 0 Å². The minimum absolute atomic E-state index is 0.129. The van der Waals surface area contributed by atoms with Crippen LogP contribution in [0.5, 0.6) is 0 Å². The molecule has 0 radical (unpaired) electrons. The van der Waals surface area contributed by atoms with Crippen LogP contribution < -0.4 is 0 Å². The number of nitrogens with zero attached hydrogens (tertiary/aromatic N) is 3. The molecule has 0 saturated carbocycles. The summed E-state index contributed by atoms with van der Waals surface area (Å²) in [6, 6.07) is 9.42. The first-order valence-corrected chi connectivity index (χ1v) is 10.3. The van der Waals surface area contributed by atoms with Crippen molar-refractivity contribution in [3.8, 4) is 0 Å². The van der Waals surface area contributed by atoms with Gasteiger partial charge in [0.2, 0.25) is 0 Å². The average Bonchev–Trinajstić information content (AvgIpc) is 3.16. The standard InChI is InChI=1S/C17H19N3OS2.C2H2O4/c1-12(16(21)13-7-4-3-5-8-13)22-17-15(18-23-19-17)14-9-6-10-20(2)11-14;3-1(4)2(5)6/h3-5,7-9,12H,6,10-11H2,1-2H3;(H,3,4)(H,5,6). The van der Waals surface area contributed by atoms with E-state index in [1.807, 2.05) is 37.3 Å². The molecular formula is C19H21N3O5S2. The molecular weight excluding hydrogens is 414 g/mol. The number of Topliss-reactive ketones (excluding diaryl/α,β-unsaturated/α-hetero) is 1. The zero-order chi connectivity index (χ0) is 21.4. The number of carbonyl (C=O) groups excluding carboxylic acids is 1. The maximum Gasteiger partial charge on any atom is 0.414 e. The van der Waals surface area contributed by atoms with Crippen LogP contribution in [-0.2, 0) is 9.59 Å². The molecule has 0 bridgehead atoms. The van der Waals surface area contributed by atoms with Crippen LogP contribution in [-0.4, -0.2) is 67.0 Å². The van der Waals surface area contributed by atoms with E-state index in [0.717, 1.165) is 35.8 Å². The largest absolute Gasteiger partial charge is 0.473 e. The molecule has 0 amide bonds. The lowest BCUT2D eigenvalue weighted by Crippen LogP contribution is -2.25. The van der Waals surface area contributed by atoms with Crippen LogP contribution in [0.4, 0.5) is 0 Å². The fourth-order valence-corrected chi connectivity index (χ4v) is 4.26. The monoisotopic (exact) mass is 435 g/mol. The molecule has 3 rings (SSSR count). The van der Waals surface area contributed by atoms with Crippen molar-refractivity contribution in [2.45, 2.75) is 23.6 Å². The van der Waals surface area contributed by atoms with Crippen LogP contribution in [0.1, 0.15) is 29.4 Å². The summed E-state index contributed by atoms with van der Waals surface area (Å²) in [4.78, 5) is 33.0. The Labute approximate surface area is 176 Å². The van der Waals surface area contributed by atoms with Crippen molar-refractivity contribution in [2.24, 2.45) is 0 Å². The number of ketones is 1. The molecule has 0 fully saturated rings. The number of aliphatic carboxylic acids is 2. The topological polar surface area (TPSA) is 121 Å². The lowest BCUT2D eigenvalue weighted by atomic mass is 10.1. The minimum Gasteiger partial charge on any atom is -0.473 e. The first kappa shape index (κ1) is 22.7. The molecule has 8 nitrogen and oxygen atoms in total. The third-order valence-corrected chi connectivity index (χ3v) is 5.72. The molecule has 1 aliphatic heterocycles. The number of aromatic nitrogens is 2. The number of carboxylic acid groups (broad SMARTS) is 2. The fraction of sp³-hybridized carbons (Fsp3) is 0.316. The highest BCUT2D eigenvalue weighted by molar-refractivity contribution is 8.00. The summed E-state index contributed by atoms with van der Waals surface area (Å²) >= 11 is 2.72. The van der Waals surface area contributed by atoms with Crippen LogP contribution in [0.2, 0.25) is 0 Å². The molecule has 1 aromatic heterocycles. The van der Waals surface area contributed by atoms with Gasteiger partial charge >= 0.3 is 11.9 Å². The SMILES string of the molecule is CC(Sc1nsnc1C1=CCCN(C)C1)C(=O)c1ccccc1.O=C(O)C(=O)O. The Morgan fingerprint density at radius 2 is 1.79 bits per heavy atom. The van der Waals surface area contributed by atoms with E-state index in [4.69, 9.17) is 19.8 Å². The highest BCUT2D eigenvalue weighted by atomic mass is 32.2. The molecule has 2 heterocycles. The maximum absolute atomic E-state index is 12.5. The van der Waals surface area contributed by atoms with Crippen LogP contribution in [0.25, 0.3) is 5.57 Å². The summed E-state index contributed by atoms with van der Waals surface area (Å²) in [5.41, 5.74) is 2.91. The van der Waals surface area contributed by atoms with Crippen LogP contribution in [0, 0.1) is 0 Å². The van der Waals surface area contributed by atoms with Crippen molar-refractivity contribution in [1.82, 2.24) is 13.6 Å². The van der Waals surface area contributed by atoms with Gasteiger partial charge < -0.3 is 15.1 Å². The summed E-state index contributed by atoms with van der Waals surface area (Å²) < 4.78 is 8.88.